The van der Waals surface area contributed by atoms with Crippen LogP contribution in [0.25, 0.3) is 0 Å². The lowest BCUT2D eigenvalue weighted by molar-refractivity contribution is 0.529. The average molecular weight is 228 g/mol. The second-order valence-corrected chi connectivity index (χ2v) is 4.43. The molecule has 1 aliphatic carbocycles. The number of nitrogens with one attached hydrogen (secondary N) is 2. The summed E-state index contributed by atoms with van der Waals surface area (Å²) in [4.78, 5) is 4.12. The van der Waals surface area contributed by atoms with Crippen molar-refractivity contribution < 1.29 is 0 Å². The summed E-state index contributed by atoms with van der Waals surface area (Å²) >= 11 is 0. The molecule has 0 bridgehead atoms. The molecule has 0 saturated carbocycles. The zero-order valence-electron chi connectivity index (χ0n) is 9.69. The Kier molecular flexibility index (Phi) is 2.88. The molecule has 1 aromatic heterocycles. The normalized spacial score (nSPS) is 18.2. The van der Waals surface area contributed by atoms with Crippen LogP contribution in [0.1, 0.15) is 29.4 Å². The summed E-state index contributed by atoms with van der Waals surface area (Å²) in [5.74, 6) is 0.948. The van der Waals surface area contributed by atoms with Crippen LogP contribution >= 0.6 is 0 Å². The van der Waals surface area contributed by atoms with Crippen LogP contribution in [0.15, 0.2) is 30.6 Å². The molecule has 1 aromatic carbocycles. The van der Waals surface area contributed by atoms with Crippen LogP contribution in [0.4, 0.5) is 0 Å². The molecule has 1 unspecified atom stereocenters. The van der Waals surface area contributed by atoms with Crippen molar-refractivity contribution in [3.05, 3.63) is 47.5 Å². The molecule has 4 nitrogen and oxygen atoms in total. The summed E-state index contributed by atoms with van der Waals surface area (Å²) < 4.78 is 0. The van der Waals surface area contributed by atoms with Crippen LogP contribution in [0.3, 0.4) is 0 Å². The van der Waals surface area contributed by atoms with E-state index in [1.807, 2.05) is 0 Å². The molecule has 0 aliphatic heterocycles. The molecule has 0 amide bonds. The zero-order chi connectivity index (χ0) is 11.5. The fraction of sp³-hybridized carbons (Fsp3) is 0.385. The summed E-state index contributed by atoms with van der Waals surface area (Å²) in [6.07, 6.45) is 4.85. The van der Waals surface area contributed by atoms with Crippen molar-refractivity contribution in [3.63, 3.8) is 0 Å². The number of fused-ring (bicyclic) bond motifs is 1. The lowest BCUT2D eigenvalue weighted by atomic mass is 10.1. The molecule has 3 rings (SSSR count). The molecule has 17 heavy (non-hydrogen) atoms. The Bertz CT molecular complexity index is 478. The van der Waals surface area contributed by atoms with Crippen molar-refractivity contribution in [2.45, 2.75) is 25.3 Å². The van der Waals surface area contributed by atoms with E-state index in [4.69, 9.17) is 0 Å². The van der Waals surface area contributed by atoms with Crippen LogP contribution in [-0.2, 0) is 12.8 Å². The maximum Gasteiger partial charge on any atom is 0.137 e. The SMILES string of the molecule is c1ccc2c(c1)CCC2NCCc1ncn[nH]1. The van der Waals surface area contributed by atoms with Crippen molar-refractivity contribution in [3.8, 4) is 0 Å². The first-order valence-electron chi connectivity index (χ1n) is 6.09. The van der Waals surface area contributed by atoms with Gasteiger partial charge in [0.15, 0.2) is 0 Å². The quantitative estimate of drug-likeness (QED) is 0.836. The zero-order valence-corrected chi connectivity index (χ0v) is 9.69. The highest BCUT2D eigenvalue weighted by molar-refractivity contribution is 5.34. The molecule has 1 heterocycles. The highest BCUT2D eigenvalue weighted by Crippen LogP contribution is 2.30. The van der Waals surface area contributed by atoms with Gasteiger partial charge in [0.25, 0.3) is 0 Å². The molecule has 88 valence electrons. The Hall–Kier alpha value is -1.68. The maximum atomic E-state index is 4.12. The number of aromatic amines is 1. The van der Waals surface area contributed by atoms with Crippen molar-refractivity contribution in [2.24, 2.45) is 0 Å². The van der Waals surface area contributed by atoms with Gasteiger partial charge >= 0.3 is 0 Å². The van der Waals surface area contributed by atoms with Gasteiger partial charge in [0.2, 0.25) is 0 Å². The summed E-state index contributed by atoms with van der Waals surface area (Å²) in [5, 5.41) is 10.3. The first-order valence-corrected chi connectivity index (χ1v) is 6.09. The number of aromatic nitrogens is 3. The lowest BCUT2D eigenvalue weighted by Gasteiger charge is -2.13. The molecule has 0 spiro atoms. The van der Waals surface area contributed by atoms with E-state index in [1.54, 1.807) is 6.33 Å². The number of hydrogen-bond donors (Lipinski definition) is 2. The summed E-state index contributed by atoms with van der Waals surface area (Å²) in [5.41, 5.74) is 2.95. The van der Waals surface area contributed by atoms with Gasteiger partial charge in [-0.1, -0.05) is 24.3 Å². The Labute approximate surface area is 100 Å². The van der Waals surface area contributed by atoms with Gasteiger partial charge in [-0.2, -0.15) is 5.10 Å². The molecule has 0 fully saturated rings. The van der Waals surface area contributed by atoms with E-state index >= 15 is 0 Å². The lowest BCUT2D eigenvalue weighted by Crippen LogP contribution is -2.22. The van der Waals surface area contributed by atoms with Gasteiger partial charge in [-0.25, -0.2) is 4.98 Å². The highest BCUT2D eigenvalue weighted by atomic mass is 15.2. The summed E-state index contributed by atoms with van der Waals surface area (Å²) in [6.45, 7) is 0.939. The van der Waals surface area contributed by atoms with Crippen LogP contribution in [-0.4, -0.2) is 21.7 Å². The summed E-state index contributed by atoms with van der Waals surface area (Å²) in [7, 11) is 0. The van der Waals surface area contributed by atoms with Crippen molar-refractivity contribution >= 4 is 0 Å². The second-order valence-electron chi connectivity index (χ2n) is 4.43. The third kappa shape index (κ3) is 2.22. The predicted molar refractivity (Wildman–Crippen MR) is 65.6 cm³/mol. The Morgan fingerprint density at radius 3 is 3.18 bits per heavy atom. The van der Waals surface area contributed by atoms with Gasteiger partial charge in [0.1, 0.15) is 12.2 Å². The van der Waals surface area contributed by atoms with Crippen molar-refractivity contribution in [1.82, 2.24) is 20.5 Å². The smallest absolute Gasteiger partial charge is 0.137 e. The number of H-pyrrole nitrogens is 1. The average Bonchev–Trinajstić information content (AvgIpc) is 2.99. The van der Waals surface area contributed by atoms with Gasteiger partial charge in [-0.3, -0.25) is 5.10 Å². The maximum absolute atomic E-state index is 4.12. The Morgan fingerprint density at radius 1 is 1.35 bits per heavy atom. The van der Waals surface area contributed by atoms with Gasteiger partial charge in [0.05, 0.1) is 0 Å². The van der Waals surface area contributed by atoms with E-state index in [0.717, 1.165) is 18.8 Å². The first-order chi connectivity index (χ1) is 8.43. The van der Waals surface area contributed by atoms with Crippen LogP contribution in [0.5, 0.6) is 0 Å². The minimum absolute atomic E-state index is 0.508. The minimum Gasteiger partial charge on any atom is -0.309 e. The number of hydrogen-bond acceptors (Lipinski definition) is 3. The fourth-order valence-corrected chi connectivity index (χ4v) is 2.49. The molecule has 0 radical (unpaired) electrons. The number of benzene rings is 1. The third-order valence-corrected chi connectivity index (χ3v) is 3.35. The first kappa shape index (κ1) is 10.5. The molecule has 2 aromatic rings. The van der Waals surface area contributed by atoms with Gasteiger partial charge in [0, 0.05) is 19.0 Å². The van der Waals surface area contributed by atoms with Crippen LogP contribution < -0.4 is 5.32 Å². The molecule has 1 aliphatic rings. The largest absolute Gasteiger partial charge is 0.309 e. The standard InChI is InChI=1S/C13H16N4/c1-2-4-11-10(3-1)5-6-12(11)14-8-7-13-15-9-16-17-13/h1-4,9,12,14H,5-8H2,(H,15,16,17). The van der Waals surface area contributed by atoms with E-state index in [1.165, 1.54) is 24.0 Å². The molecule has 2 N–H and O–H groups in total. The van der Waals surface area contributed by atoms with E-state index in [0.29, 0.717) is 6.04 Å². The van der Waals surface area contributed by atoms with Gasteiger partial charge < -0.3 is 5.32 Å². The number of aryl methyl sites for hydroxylation is 1. The molecule has 1 atom stereocenters. The van der Waals surface area contributed by atoms with E-state index in [2.05, 4.69) is 44.8 Å². The number of rotatable bonds is 4. The Morgan fingerprint density at radius 2 is 2.29 bits per heavy atom. The van der Waals surface area contributed by atoms with E-state index in [9.17, 15) is 0 Å². The number of nitrogens with zero attached hydrogens (tertiary/aromatic N) is 2. The highest BCUT2D eigenvalue weighted by Gasteiger charge is 2.20. The van der Waals surface area contributed by atoms with Crippen LogP contribution in [0, 0.1) is 0 Å². The monoisotopic (exact) mass is 228 g/mol. The van der Waals surface area contributed by atoms with Crippen molar-refractivity contribution in [2.75, 3.05) is 6.54 Å². The predicted octanol–water partition coefficient (Wildman–Crippen LogP) is 1.62. The second kappa shape index (κ2) is 4.67. The van der Waals surface area contributed by atoms with E-state index in [-0.39, 0.29) is 0 Å². The fourth-order valence-electron chi connectivity index (χ4n) is 2.49. The Balaban J connectivity index is 1.57. The van der Waals surface area contributed by atoms with Gasteiger partial charge in [-0.05, 0) is 24.0 Å². The third-order valence-electron chi connectivity index (χ3n) is 3.35. The summed E-state index contributed by atoms with van der Waals surface area (Å²) in [6, 6.07) is 9.21. The molecular formula is C13H16N4. The molecule has 4 heteroatoms. The molecular weight excluding hydrogens is 212 g/mol. The topological polar surface area (TPSA) is 53.6 Å². The molecule has 0 saturated heterocycles. The van der Waals surface area contributed by atoms with Crippen molar-refractivity contribution in [1.29, 1.82) is 0 Å². The van der Waals surface area contributed by atoms with E-state index < -0.39 is 0 Å². The van der Waals surface area contributed by atoms with Crippen LogP contribution in [0.2, 0.25) is 0 Å². The van der Waals surface area contributed by atoms with Gasteiger partial charge in [-0.15, -0.1) is 0 Å². The minimum atomic E-state index is 0.508.